The molecular weight excluding hydrogens is 356 g/mol. The van der Waals surface area contributed by atoms with E-state index in [2.05, 4.69) is 0 Å². The van der Waals surface area contributed by atoms with Gasteiger partial charge in [0.2, 0.25) is 15.9 Å². The number of hydrogen-bond donors (Lipinski definition) is 1. The van der Waals surface area contributed by atoms with Crippen molar-refractivity contribution in [2.24, 2.45) is 17.0 Å². The molecule has 8 heteroatoms. The second-order valence-electron chi connectivity index (χ2n) is 6.78. The predicted molar refractivity (Wildman–Crippen MR) is 96.6 cm³/mol. The van der Waals surface area contributed by atoms with Gasteiger partial charge >= 0.3 is 5.97 Å². The van der Waals surface area contributed by atoms with Gasteiger partial charge in [-0.05, 0) is 37.0 Å². The third kappa shape index (κ3) is 5.28. The number of methoxy groups -OCH3 is 1. The topological polar surface area (TPSA) is 107 Å². The van der Waals surface area contributed by atoms with Crippen LogP contribution in [0.25, 0.3) is 0 Å². The van der Waals surface area contributed by atoms with Crippen LogP contribution < -0.4 is 5.14 Å². The number of sulfonamides is 1. The summed E-state index contributed by atoms with van der Waals surface area (Å²) in [5, 5.41) is 5.10. The molecule has 1 aliphatic carbocycles. The largest absolute Gasteiger partial charge is 0.469 e. The molecule has 0 heterocycles. The van der Waals surface area contributed by atoms with E-state index in [9.17, 15) is 18.0 Å². The standard InChI is InChI=1S/C18H26N2O5S/c1-13(18(22)25-2)12-20(17(21)15-4-3-5-15)11-10-14-6-8-16(9-7-14)26(19,23)24/h6-9,13,15H,3-5,10-12H2,1-2H3,(H2,19,23,24). The molecule has 0 aromatic heterocycles. The number of esters is 1. The van der Waals surface area contributed by atoms with Crippen molar-refractivity contribution >= 4 is 21.9 Å². The summed E-state index contributed by atoms with van der Waals surface area (Å²) in [6.07, 6.45) is 3.42. The van der Waals surface area contributed by atoms with E-state index in [4.69, 9.17) is 9.88 Å². The molecule has 7 nitrogen and oxygen atoms in total. The molecule has 144 valence electrons. The lowest BCUT2D eigenvalue weighted by Crippen LogP contribution is -2.43. The van der Waals surface area contributed by atoms with Crippen LogP contribution in [0.1, 0.15) is 31.7 Å². The van der Waals surface area contributed by atoms with Crippen molar-refractivity contribution in [1.82, 2.24) is 4.90 Å². The number of hydrogen-bond acceptors (Lipinski definition) is 5. The molecule has 0 saturated heterocycles. The van der Waals surface area contributed by atoms with Crippen LogP contribution in [0.15, 0.2) is 29.2 Å². The first-order valence-electron chi connectivity index (χ1n) is 8.70. The normalized spacial score (nSPS) is 15.8. The van der Waals surface area contributed by atoms with E-state index in [1.807, 2.05) is 0 Å². The van der Waals surface area contributed by atoms with E-state index >= 15 is 0 Å². The molecule has 1 aliphatic rings. The van der Waals surface area contributed by atoms with Crippen molar-refractivity contribution in [2.45, 2.75) is 37.5 Å². The molecule has 26 heavy (non-hydrogen) atoms. The number of primary sulfonamides is 1. The van der Waals surface area contributed by atoms with Crippen LogP contribution in [-0.2, 0) is 30.8 Å². The Morgan fingerprint density at radius 1 is 1.27 bits per heavy atom. The molecule has 1 amide bonds. The van der Waals surface area contributed by atoms with E-state index in [0.29, 0.717) is 19.5 Å². The summed E-state index contributed by atoms with van der Waals surface area (Å²) < 4.78 is 27.4. The Bertz CT molecular complexity index is 741. The molecule has 2 N–H and O–H groups in total. The highest BCUT2D eigenvalue weighted by molar-refractivity contribution is 7.89. The minimum absolute atomic E-state index is 0.0459. The molecule has 1 aromatic rings. The van der Waals surface area contributed by atoms with Gasteiger partial charge in [-0.15, -0.1) is 0 Å². The first-order chi connectivity index (χ1) is 12.2. The summed E-state index contributed by atoms with van der Waals surface area (Å²) in [6, 6.07) is 6.30. The molecule has 1 fully saturated rings. The molecule has 0 bridgehead atoms. The zero-order chi connectivity index (χ0) is 19.3. The van der Waals surface area contributed by atoms with E-state index in [1.165, 1.54) is 19.2 Å². The van der Waals surface area contributed by atoms with E-state index in [0.717, 1.165) is 24.8 Å². The maximum absolute atomic E-state index is 12.7. The Balaban J connectivity index is 2.03. The number of rotatable bonds is 8. The Morgan fingerprint density at radius 2 is 1.88 bits per heavy atom. The van der Waals surface area contributed by atoms with Crippen molar-refractivity contribution in [2.75, 3.05) is 20.2 Å². The van der Waals surface area contributed by atoms with Crippen LogP contribution in [0.3, 0.4) is 0 Å². The second kappa shape index (κ2) is 8.64. The Labute approximate surface area is 154 Å². The van der Waals surface area contributed by atoms with Crippen LogP contribution in [0.4, 0.5) is 0 Å². The lowest BCUT2D eigenvalue weighted by molar-refractivity contribution is -0.147. The van der Waals surface area contributed by atoms with Crippen LogP contribution in [0.2, 0.25) is 0 Å². The SMILES string of the molecule is COC(=O)C(C)CN(CCc1ccc(S(N)(=O)=O)cc1)C(=O)C1CCC1. The van der Waals surface area contributed by atoms with Gasteiger partial charge in [-0.1, -0.05) is 25.5 Å². The second-order valence-corrected chi connectivity index (χ2v) is 8.34. The summed E-state index contributed by atoms with van der Waals surface area (Å²) in [4.78, 5) is 26.1. The summed E-state index contributed by atoms with van der Waals surface area (Å²) >= 11 is 0. The molecule has 0 spiro atoms. The highest BCUT2D eigenvalue weighted by Gasteiger charge is 2.31. The van der Waals surface area contributed by atoms with Gasteiger partial charge < -0.3 is 9.64 Å². The summed E-state index contributed by atoms with van der Waals surface area (Å²) in [6.45, 7) is 2.52. The zero-order valence-corrected chi connectivity index (χ0v) is 16.0. The Hall–Kier alpha value is -1.93. The van der Waals surface area contributed by atoms with Crippen molar-refractivity contribution in [3.8, 4) is 0 Å². The molecule has 1 unspecified atom stereocenters. The number of amides is 1. The highest BCUT2D eigenvalue weighted by Crippen LogP contribution is 2.28. The summed E-state index contributed by atoms with van der Waals surface area (Å²) in [5.74, 6) is -0.611. The fraction of sp³-hybridized carbons (Fsp3) is 0.556. The van der Waals surface area contributed by atoms with E-state index < -0.39 is 15.9 Å². The van der Waals surface area contributed by atoms with Gasteiger partial charge in [-0.3, -0.25) is 9.59 Å². The monoisotopic (exact) mass is 382 g/mol. The summed E-state index contributed by atoms with van der Waals surface area (Å²) in [7, 11) is -2.38. The highest BCUT2D eigenvalue weighted by atomic mass is 32.2. The maximum atomic E-state index is 12.7. The molecule has 1 aromatic carbocycles. The van der Waals surface area contributed by atoms with Crippen LogP contribution in [0, 0.1) is 11.8 Å². The number of ether oxygens (including phenoxy) is 1. The molecule has 1 saturated carbocycles. The van der Waals surface area contributed by atoms with Crippen LogP contribution >= 0.6 is 0 Å². The van der Waals surface area contributed by atoms with Gasteiger partial charge in [-0.25, -0.2) is 13.6 Å². The Morgan fingerprint density at radius 3 is 2.35 bits per heavy atom. The molecular formula is C18H26N2O5S. The third-order valence-corrected chi connectivity index (χ3v) is 5.72. The summed E-state index contributed by atoms with van der Waals surface area (Å²) in [5.41, 5.74) is 0.898. The lowest BCUT2D eigenvalue weighted by Gasteiger charge is -2.33. The van der Waals surface area contributed by atoms with Gasteiger partial charge in [-0.2, -0.15) is 0 Å². The number of nitrogens with zero attached hydrogens (tertiary/aromatic N) is 1. The number of carbonyl (C=O) groups excluding carboxylic acids is 2. The third-order valence-electron chi connectivity index (χ3n) is 4.79. The van der Waals surface area contributed by atoms with Crippen molar-refractivity contribution in [1.29, 1.82) is 0 Å². The number of benzene rings is 1. The molecule has 1 atom stereocenters. The molecule has 2 rings (SSSR count). The van der Waals surface area contributed by atoms with E-state index in [1.54, 1.807) is 24.0 Å². The average Bonchev–Trinajstić information content (AvgIpc) is 2.55. The molecule has 0 aliphatic heterocycles. The van der Waals surface area contributed by atoms with Crippen molar-refractivity contribution in [3.63, 3.8) is 0 Å². The van der Waals surface area contributed by atoms with Gasteiger partial charge in [0.1, 0.15) is 0 Å². The van der Waals surface area contributed by atoms with Crippen molar-refractivity contribution < 1.29 is 22.7 Å². The maximum Gasteiger partial charge on any atom is 0.310 e. The minimum Gasteiger partial charge on any atom is -0.469 e. The zero-order valence-electron chi connectivity index (χ0n) is 15.2. The predicted octanol–water partition coefficient (Wildman–Crippen LogP) is 1.31. The number of carbonyl (C=O) groups is 2. The fourth-order valence-electron chi connectivity index (χ4n) is 2.92. The van der Waals surface area contributed by atoms with Gasteiger partial charge in [0.05, 0.1) is 17.9 Å². The fourth-order valence-corrected chi connectivity index (χ4v) is 3.44. The van der Waals surface area contributed by atoms with Gasteiger partial charge in [0, 0.05) is 19.0 Å². The quantitative estimate of drug-likeness (QED) is 0.682. The van der Waals surface area contributed by atoms with Gasteiger partial charge in [0.15, 0.2) is 0 Å². The smallest absolute Gasteiger partial charge is 0.310 e. The Kier molecular flexibility index (Phi) is 6.77. The van der Waals surface area contributed by atoms with Gasteiger partial charge in [0.25, 0.3) is 0 Å². The number of nitrogens with two attached hydrogens (primary N) is 1. The average molecular weight is 382 g/mol. The van der Waals surface area contributed by atoms with Crippen LogP contribution in [0.5, 0.6) is 0 Å². The van der Waals surface area contributed by atoms with Crippen molar-refractivity contribution in [3.05, 3.63) is 29.8 Å². The lowest BCUT2D eigenvalue weighted by atomic mass is 9.84. The van der Waals surface area contributed by atoms with E-state index in [-0.39, 0.29) is 22.7 Å². The first-order valence-corrected chi connectivity index (χ1v) is 10.3. The first kappa shape index (κ1) is 20.4. The minimum atomic E-state index is -3.72. The molecule has 0 radical (unpaired) electrons. The van der Waals surface area contributed by atoms with Crippen LogP contribution in [-0.4, -0.2) is 45.4 Å².